The SMILES string of the molecule is Cc1nc(N2CCN(c3ccc(F)cc3CO)CC2)nc(=O)n1Cc1ccc(C(F)(F)F)s1. The van der Waals surface area contributed by atoms with Gasteiger partial charge in [0.2, 0.25) is 5.95 Å². The number of aromatic nitrogens is 3. The molecule has 2 aromatic heterocycles. The van der Waals surface area contributed by atoms with E-state index >= 15 is 0 Å². The van der Waals surface area contributed by atoms with Crippen molar-refractivity contribution < 1.29 is 22.7 Å². The van der Waals surface area contributed by atoms with Gasteiger partial charge in [0.15, 0.2) is 0 Å². The molecule has 0 bridgehead atoms. The van der Waals surface area contributed by atoms with Crippen LogP contribution in [0.1, 0.15) is 21.1 Å². The molecule has 0 unspecified atom stereocenters. The number of alkyl halides is 3. The van der Waals surface area contributed by atoms with E-state index in [0.717, 1.165) is 11.8 Å². The van der Waals surface area contributed by atoms with Crippen LogP contribution in [0.15, 0.2) is 35.1 Å². The highest BCUT2D eigenvalue weighted by Crippen LogP contribution is 2.34. The van der Waals surface area contributed by atoms with Gasteiger partial charge in [0.25, 0.3) is 0 Å². The zero-order valence-corrected chi connectivity index (χ0v) is 18.5. The average Bonchev–Trinajstić information content (AvgIpc) is 3.25. The maximum Gasteiger partial charge on any atom is 0.425 e. The van der Waals surface area contributed by atoms with Crippen molar-refractivity contribution in [2.75, 3.05) is 36.0 Å². The van der Waals surface area contributed by atoms with Crippen LogP contribution in [0.2, 0.25) is 0 Å². The highest BCUT2D eigenvalue weighted by atomic mass is 32.1. The van der Waals surface area contributed by atoms with Gasteiger partial charge in [0.1, 0.15) is 16.5 Å². The zero-order chi connectivity index (χ0) is 23.8. The Bertz CT molecular complexity index is 1200. The summed E-state index contributed by atoms with van der Waals surface area (Å²) in [7, 11) is 0. The minimum Gasteiger partial charge on any atom is -0.392 e. The third-order valence-electron chi connectivity index (χ3n) is 5.45. The molecule has 7 nitrogen and oxygen atoms in total. The summed E-state index contributed by atoms with van der Waals surface area (Å²) in [6, 6.07) is 6.63. The fourth-order valence-corrected chi connectivity index (χ4v) is 4.61. The molecule has 0 spiro atoms. The molecule has 0 radical (unpaired) electrons. The van der Waals surface area contributed by atoms with Crippen LogP contribution in [0.4, 0.5) is 29.2 Å². The largest absolute Gasteiger partial charge is 0.425 e. The Balaban J connectivity index is 1.47. The van der Waals surface area contributed by atoms with Gasteiger partial charge in [0.05, 0.1) is 13.2 Å². The number of benzene rings is 1. The maximum atomic E-state index is 13.4. The Morgan fingerprint density at radius 1 is 1.06 bits per heavy atom. The number of aliphatic hydroxyl groups excluding tert-OH is 1. The lowest BCUT2D eigenvalue weighted by molar-refractivity contribution is -0.134. The molecule has 1 N–H and O–H groups in total. The van der Waals surface area contributed by atoms with Crippen LogP contribution >= 0.6 is 11.3 Å². The second-order valence-corrected chi connectivity index (χ2v) is 8.78. The number of thiophene rings is 1. The van der Waals surface area contributed by atoms with E-state index in [9.17, 15) is 27.5 Å². The van der Waals surface area contributed by atoms with Crippen LogP contribution in [0, 0.1) is 12.7 Å². The lowest BCUT2D eigenvalue weighted by Crippen LogP contribution is -2.48. The van der Waals surface area contributed by atoms with Crippen molar-refractivity contribution in [3.63, 3.8) is 0 Å². The standard InChI is InChI=1S/C21H21F4N5O2S/c1-13-26-19(27-20(32)30(13)11-16-3-5-18(33-16)21(23,24)25)29-8-6-28(7-9-29)17-4-2-15(22)10-14(17)12-31/h2-5,10,31H,6-9,11-12H2,1H3. The molecule has 0 saturated carbocycles. The number of hydrogen-bond donors (Lipinski definition) is 1. The minimum atomic E-state index is -4.42. The molecule has 0 aliphatic carbocycles. The quantitative estimate of drug-likeness (QED) is 0.563. The molecular formula is C21H21F4N5O2S. The van der Waals surface area contributed by atoms with Gasteiger partial charge in [0, 0.05) is 42.3 Å². The Morgan fingerprint density at radius 3 is 2.36 bits per heavy atom. The molecule has 4 rings (SSSR count). The number of anilines is 2. The summed E-state index contributed by atoms with van der Waals surface area (Å²) in [5.74, 6) is 0.204. The number of halogens is 4. The topological polar surface area (TPSA) is 74.5 Å². The number of hydrogen-bond acceptors (Lipinski definition) is 7. The molecule has 1 aromatic carbocycles. The van der Waals surface area contributed by atoms with Crippen molar-refractivity contribution in [1.29, 1.82) is 0 Å². The summed E-state index contributed by atoms with van der Waals surface area (Å²) in [6.45, 7) is 3.43. The van der Waals surface area contributed by atoms with E-state index in [1.165, 1.54) is 22.8 Å². The molecule has 1 aliphatic heterocycles. The summed E-state index contributed by atoms with van der Waals surface area (Å²) in [4.78, 5) is 24.6. The van der Waals surface area contributed by atoms with Crippen LogP contribution in [0.5, 0.6) is 0 Å². The van der Waals surface area contributed by atoms with Crippen LogP contribution in [-0.2, 0) is 19.3 Å². The summed E-state index contributed by atoms with van der Waals surface area (Å²) < 4.78 is 53.2. The number of rotatable bonds is 5. The van der Waals surface area contributed by atoms with Gasteiger partial charge in [-0.2, -0.15) is 23.1 Å². The third kappa shape index (κ3) is 5.01. The molecule has 1 saturated heterocycles. The molecule has 3 heterocycles. The monoisotopic (exact) mass is 483 g/mol. The van der Waals surface area contributed by atoms with Gasteiger partial charge in [-0.3, -0.25) is 4.57 Å². The van der Waals surface area contributed by atoms with Crippen LogP contribution in [0.3, 0.4) is 0 Å². The fourth-order valence-electron chi connectivity index (χ4n) is 3.75. The lowest BCUT2D eigenvalue weighted by Gasteiger charge is -2.37. The molecule has 0 amide bonds. The van der Waals surface area contributed by atoms with Crippen molar-refractivity contribution >= 4 is 23.0 Å². The van der Waals surface area contributed by atoms with Crippen molar-refractivity contribution in [1.82, 2.24) is 14.5 Å². The van der Waals surface area contributed by atoms with Crippen molar-refractivity contribution in [2.24, 2.45) is 0 Å². The van der Waals surface area contributed by atoms with E-state index in [-0.39, 0.29) is 19.1 Å². The normalized spacial score (nSPS) is 14.7. The second kappa shape index (κ2) is 9.10. The highest BCUT2D eigenvalue weighted by Gasteiger charge is 2.32. The van der Waals surface area contributed by atoms with Crippen LogP contribution in [-0.4, -0.2) is 45.8 Å². The van der Waals surface area contributed by atoms with E-state index in [1.807, 2.05) is 9.80 Å². The average molecular weight is 483 g/mol. The Morgan fingerprint density at radius 2 is 1.76 bits per heavy atom. The first-order valence-corrected chi connectivity index (χ1v) is 11.0. The fraction of sp³-hybridized carbons (Fsp3) is 0.381. The first-order valence-electron chi connectivity index (χ1n) is 10.2. The van der Waals surface area contributed by atoms with E-state index in [0.29, 0.717) is 53.8 Å². The lowest BCUT2D eigenvalue weighted by atomic mass is 10.1. The Hall–Kier alpha value is -2.99. The summed E-state index contributed by atoms with van der Waals surface area (Å²) >= 11 is 0.589. The van der Waals surface area contributed by atoms with Crippen LogP contribution in [0.25, 0.3) is 0 Å². The molecule has 0 atom stereocenters. The van der Waals surface area contributed by atoms with Gasteiger partial charge in [-0.1, -0.05) is 0 Å². The van der Waals surface area contributed by atoms with E-state index in [4.69, 9.17) is 0 Å². The predicted molar refractivity (Wildman–Crippen MR) is 116 cm³/mol. The van der Waals surface area contributed by atoms with Gasteiger partial charge < -0.3 is 14.9 Å². The van der Waals surface area contributed by atoms with E-state index in [2.05, 4.69) is 9.97 Å². The number of piperazine rings is 1. The third-order valence-corrected chi connectivity index (χ3v) is 6.56. The highest BCUT2D eigenvalue weighted by molar-refractivity contribution is 7.12. The molecule has 3 aromatic rings. The van der Waals surface area contributed by atoms with Gasteiger partial charge in [-0.15, -0.1) is 11.3 Å². The molecule has 1 aliphatic rings. The predicted octanol–water partition coefficient (Wildman–Crippen LogP) is 3.03. The van der Waals surface area contributed by atoms with Gasteiger partial charge in [-0.05, 0) is 37.3 Å². The minimum absolute atomic E-state index is 0.0338. The second-order valence-electron chi connectivity index (χ2n) is 7.61. The Kier molecular flexibility index (Phi) is 6.39. The van der Waals surface area contributed by atoms with Crippen LogP contribution < -0.4 is 15.5 Å². The van der Waals surface area contributed by atoms with Crippen molar-refractivity contribution in [2.45, 2.75) is 26.3 Å². The smallest absolute Gasteiger partial charge is 0.392 e. The maximum absolute atomic E-state index is 13.4. The molecule has 176 valence electrons. The number of aryl methyl sites for hydroxylation is 1. The molecule has 1 fully saturated rings. The number of nitrogens with zero attached hydrogens (tertiary/aromatic N) is 5. The molecular weight excluding hydrogens is 462 g/mol. The summed E-state index contributed by atoms with van der Waals surface area (Å²) in [5.41, 5.74) is 0.670. The Labute approximate surface area is 190 Å². The van der Waals surface area contributed by atoms with E-state index < -0.39 is 22.6 Å². The summed E-state index contributed by atoms with van der Waals surface area (Å²) in [5, 5.41) is 9.52. The first kappa shape index (κ1) is 23.2. The number of aliphatic hydroxyl groups is 1. The molecule has 33 heavy (non-hydrogen) atoms. The zero-order valence-electron chi connectivity index (χ0n) is 17.6. The summed E-state index contributed by atoms with van der Waals surface area (Å²) in [6.07, 6.45) is -4.42. The van der Waals surface area contributed by atoms with Crippen molar-refractivity contribution in [3.05, 3.63) is 67.8 Å². The van der Waals surface area contributed by atoms with Gasteiger partial charge in [-0.25, -0.2) is 9.18 Å². The van der Waals surface area contributed by atoms with Gasteiger partial charge >= 0.3 is 11.9 Å². The first-order chi connectivity index (χ1) is 15.7. The van der Waals surface area contributed by atoms with Crippen molar-refractivity contribution in [3.8, 4) is 0 Å². The van der Waals surface area contributed by atoms with E-state index in [1.54, 1.807) is 13.0 Å². The molecule has 12 heteroatoms.